The second-order valence-electron chi connectivity index (χ2n) is 4.09. The number of aromatic amines is 1. The summed E-state index contributed by atoms with van der Waals surface area (Å²) < 4.78 is 5.66. The maximum atomic E-state index is 11.9. The fourth-order valence-electron chi connectivity index (χ4n) is 1.66. The minimum absolute atomic E-state index is 0.118. The van der Waals surface area contributed by atoms with Crippen molar-refractivity contribution in [2.45, 2.75) is 20.3 Å². The molecule has 0 unspecified atom stereocenters. The Labute approximate surface area is 117 Å². The number of aromatic nitrogens is 2. The first-order valence-corrected chi connectivity index (χ1v) is 6.36. The highest BCUT2D eigenvalue weighted by molar-refractivity contribution is 9.10. The van der Waals surface area contributed by atoms with Crippen LogP contribution in [0, 0.1) is 13.8 Å². The molecule has 0 aromatic carbocycles. The van der Waals surface area contributed by atoms with Crippen LogP contribution in [0.4, 0.5) is 5.69 Å². The van der Waals surface area contributed by atoms with Crippen LogP contribution in [-0.4, -0.2) is 16.0 Å². The van der Waals surface area contributed by atoms with E-state index in [0.717, 1.165) is 5.56 Å². The van der Waals surface area contributed by atoms with Gasteiger partial charge in [-0.25, -0.2) is 0 Å². The highest BCUT2D eigenvalue weighted by Crippen LogP contribution is 2.14. The quantitative estimate of drug-likeness (QED) is 0.902. The Balaban J connectivity index is 2.14. The lowest BCUT2D eigenvalue weighted by Crippen LogP contribution is -2.21. The number of pyridine rings is 1. The summed E-state index contributed by atoms with van der Waals surface area (Å²) in [5.41, 5.74) is 1.26. The molecule has 0 atom stereocenters. The number of hydrogen-bond donors (Lipinski definition) is 2. The highest BCUT2D eigenvalue weighted by Gasteiger charge is 2.14. The van der Waals surface area contributed by atoms with Crippen LogP contribution in [0.3, 0.4) is 0 Å². The van der Waals surface area contributed by atoms with Crippen molar-refractivity contribution in [2.75, 3.05) is 5.32 Å². The maximum absolute atomic E-state index is 11.9. The van der Waals surface area contributed by atoms with Crippen LogP contribution < -0.4 is 10.9 Å². The standard InChI is InChI=1S/C12H12BrN3O3/c1-6-9(7(2)19-16-6)4-11(17)15-10-3-8(13)5-14-12(10)18/h3,5H,4H2,1-2H3,(H,14,18)(H,15,17). The first-order chi connectivity index (χ1) is 8.97. The minimum Gasteiger partial charge on any atom is -0.361 e. The van der Waals surface area contributed by atoms with Gasteiger partial charge >= 0.3 is 0 Å². The molecule has 2 N–H and O–H groups in total. The third-order valence-corrected chi connectivity index (χ3v) is 3.12. The molecule has 0 spiro atoms. The second kappa shape index (κ2) is 5.40. The van der Waals surface area contributed by atoms with Gasteiger partial charge in [-0.3, -0.25) is 9.59 Å². The van der Waals surface area contributed by atoms with Crippen LogP contribution in [0.1, 0.15) is 17.0 Å². The monoisotopic (exact) mass is 325 g/mol. The van der Waals surface area contributed by atoms with Crippen LogP contribution in [0.15, 0.2) is 26.1 Å². The van der Waals surface area contributed by atoms with Crippen molar-refractivity contribution in [2.24, 2.45) is 0 Å². The first kappa shape index (κ1) is 13.5. The molecule has 1 amide bonds. The van der Waals surface area contributed by atoms with Crippen molar-refractivity contribution in [3.8, 4) is 0 Å². The van der Waals surface area contributed by atoms with E-state index < -0.39 is 0 Å². The number of rotatable bonds is 3. The number of carbonyl (C=O) groups excluding carboxylic acids is 1. The summed E-state index contributed by atoms with van der Waals surface area (Å²) in [4.78, 5) is 25.9. The van der Waals surface area contributed by atoms with Gasteiger partial charge in [0.2, 0.25) is 5.91 Å². The molecule has 0 fully saturated rings. The average molecular weight is 326 g/mol. The molecule has 100 valence electrons. The summed E-state index contributed by atoms with van der Waals surface area (Å²) in [6.07, 6.45) is 1.62. The second-order valence-corrected chi connectivity index (χ2v) is 5.00. The van der Waals surface area contributed by atoms with E-state index in [0.29, 0.717) is 15.9 Å². The van der Waals surface area contributed by atoms with Gasteiger partial charge in [-0.15, -0.1) is 0 Å². The lowest BCUT2D eigenvalue weighted by molar-refractivity contribution is -0.115. The van der Waals surface area contributed by atoms with Gasteiger partial charge in [-0.05, 0) is 35.8 Å². The number of amides is 1. The lowest BCUT2D eigenvalue weighted by Gasteiger charge is -2.04. The number of hydrogen-bond acceptors (Lipinski definition) is 4. The van der Waals surface area contributed by atoms with Crippen molar-refractivity contribution in [3.63, 3.8) is 0 Å². The van der Waals surface area contributed by atoms with Gasteiger partial charge in [0, 0.05) is 16.2 Å². The van der Waals surface area contributed by atoms with E-state index in [1.54, 1.807) is 19.9 Å². The van der Waals surface area contributed by atoms with Gasteiger partial charge in [0.15, 0.2) is 0 Å². The summed E-state index contributed by atoms with van der Waals surface area (Å²) in [6.45, 7) is 3.51. The van der Waals surface area contributed by atoms with Gasteiger partial charge in [-0.2, -0.15) is 0 Å². The summed E-state index contributed by atoms with van der Waals surface area (Å²) in [7, 11) is 0. The van der Waals surface area contributed by atoms with Crippen molar-refractivity contribution >= 4 is 27.5 Å². The van der Waals surface area contributed by atoms with Gasteiger partial charge in [0.25, 0.3) is 5.56 Å². The smallest absolute Gasteiger partial charge is 0.271 e. The topological polar surface area (TPSA) is 88.0 Å². The number of carbonyl (C=O) groups is 1. The fourth-order valence-corrected chi connectivity index (χ4v) is 2.00. The molecule has 0 aliphatic carbocycles. The summed E-state index contributed by atoms with van der Waals surface area (Å²) in [5.74, 6) is 0.314. The molecule has 6 nitrogen and oxygen atoms in total. The van der Waals surface area contributed by atoms with Crippen LogP contribution in [0.5, 0.6) is 0 Å². The van der Waals surface area contributed by atoms with E-state index >= 15 is 0 Å². The third kappa shape index (κ3) is 3.11. The molecule has 2 aromatic heterocycles. The van der Waals surface area contributed by atoms with Crippen molar-refractivity contribution in [3.05, 3.63) is 44.1 Å². The molecular formula is C12H12BrN3O3. The predicted molar refractivity (Wildman–Crippen MR) is 73.1 cm³/mol. The Morgan fingerprint density at radius 3 is 2.89 bits per heavy atom. The normalized spacial score (nSPS) is 10.5. The van der Waals surface area contributed by atoms with Crippen molar-refractivity contribution < 1.29 is 9.32 Å². The van der Waals surface area contributed by atoms with Gasteiger partial charge in [0.05, 0.1) is 12.1 Å². The number of halogens is 1. The Morgan fingerprint density at radius 2 is 2.26 bits per heavy atom. The molecule has 7 heteroatoms. The summed E-state index contributed by atoms with van der Waals surface area (Å²) in [6, 6.07) is 1.55. The van der Waals surface area contributed by atoms with E-state index in [1.165, 1.54) is 6.20 Å². The van der Waals surface area contributed by atoms with Crippen molar-refractivity contribution in [1.82, 2.24) is 10.1 Å². The average Bonchev–Trinajstić information content (AvgIpc) is 2.65. The van der Waals surface area contributed by atoms with Gasteiger partial charge in [0.1, 0.15) is 11.4 Å². The third-order valence-electron chi connectivity index (χ3n) is 2.66. The predicted octanol–water partition coefficient (Wildman–Crippen LogP) is 1.92. The minimum atomic E-state index is -0.352. The zero-order valence-electron chi connectivity index (χ0n) is 10.4. The van der Waals surface area contributed by atoms with Crippen LogP contribution in [0.2, 0.25) is 0 Å². The summed E-state index contributed by atoms with van der Waals surface area (Å²) >= 11 is 3.22. The molecule has 0 aliphatic heterocycles. The van der Waals surface area contributed by atoms with E-state index in [4.69, 9.17) is 4.52 Å². The SMILES string of the molecule is Cc1noc(C)c1CC(=O)Nc1cc(Br)c[nH]c1=O. The number of aryl methyl sites for hydroxylation is 2. The van der Waals surface area contributed by atoms with Crippen molar-refractivity contribution in [1.29, 1.82) is 0 Å². The van der Waals surface area contributed by atoms with Crippen LogP contribution in [-0.2, 0) is 11.2 Å². The largest absolute Gasteiger partial charge is 0.361 e. The molecule has 2 heterocycles. The van der Waals surface area contributed by atoms with Gasteiger partial charge < -0.3 is 14.8 Å². The molecule has 0 bridgehead atoms. The lowest BCUT2D eigenvalue weighted by atomic mass is 10.1. The van der Waals surface area contributed by atoms with Gasteiger partial charge in [-0.1, -0.05) is 5.16 Å². The maximum Gasteiger partial charge on any atom is 0.271 e. The molecule has 2 aromatic rings. The van der Waals surface area contributed by atoms with E-state index in [9.17, 15) is 9.59 Å². The zero-order valence-corrected chi connectivity index (χ0v) is 12.0. The van der Waals surface area contributed by atoms with Crippen LogP contribution >= 0.6 is 15.9 Å². The van der Waals surface area contributed by atoms with E-state index in [-0.39, 0.29) is 23.6 Å². The molecule has 0 aliphatic rings. The summed E-state index contributed by atoms with van der Waals surface area (Å²) in [5, 5.41) is 6.34. The Bertz CT molecular complexity index is 656. The number of anilines is 1. The molecule has 0 radical (unpaired) electrons. The van der Waals surface area contributed by atoms with E-state index in [2.05, 4.69) is 31.4 Å². The molecule has 0 saturated heterocycles. The zero-order chi connectivity index (χ0) is 14.0. The molecule has 0 saturated carbocycles. The fraction of sp³-hybridized carbons (Fsp3) is 0.250. The van der Waals surface area contributed by atoms with E-state index in [1.807, 2.05) is 0 Å². The molecule has 19 heavy (non-hydrogen) atoms. The number of nitrogens with zero attached hydrogens (tertiary/aromatic N) is 1. The molecular weight excluding hydrogens is 314 g/mol. The Hall–Kier alpha value is -1.89. The Kier molecular flexibility index (Phi) is 3.84. The van der Waals surface area contributed by atoms with Crippen LogP contribution in [0.25, 0.3) is 0 Å². The number of H-pyrrole nitrogens is 1. The number of nitrogens with one attached hydrogen (secondary N) is 2. The molecule has 2 rings (SSSR count). The highest BCUT2D eigenvalue weighted by atomic mass is 79.9. The first-order valence-electron chi connectivity index (χ1n) is 5.57. The Morgan fingerprint density at radius 1 is 1.53 bits per heavy atom.